The van der Waals surface area contributed by atoms with Crippen LogP contribution in [0.25, 0.3) is 0 Å². The first kappa shape index (κ1) is 16.8. The molecule has 6 heteroatoms. The van der Waals surface area contributed by atoms with Gasteiger partial charge in [0.05, 0.1) is 12.5 Å². The predicted octanol–water partition coefficient (Wildman–Crippen LogP) is 1.82. The number of hydrogen-bond acceptors (Lipinski definition) is 5. The van der Waals surface area contributed by atoms with Gasteiger partial charge in [-0.05, 0) is 33.6 Å². The van der Waals surface area contributed by atoms with E-state index < -0.39 is 17.1 Å². The quantitative estimate of drug-likeness (QED) is 0.741. The third kappa shape index (κ3) is 4.37. The molecule has 0 aromatic carbocycles. The number of esters is 1. The lowest BCUT2D eigenvalue weighted by molar-refractivity contribution is -0.159. The topological polar surface area (TPSA) is 65.1 Å². The minimum Gasteiger partial charge on any atom is -0.469 e. The summed E-state index contributed by atoms with van der Waals surface area (Å²) in [6.45, 7) is 6.70. The monoisotopic (exact) mass is 287 g/mol. The molecule has 1 rings (SSSR count). The number of nitrogens with zero attached hydrogens (tertiary/aromatic N) is 1. The molecule has 0 atom stereocenters. The smallest absolute Gasteiger partial charge is 0.410 e. The van der Waals surface area contributed by atoms with E-state index in [1.54, 1.807) is 7.05 Å². The second-order valence-electron chi connectivity index (χ2n) is 6.22. The Bertz CT molecular complexity index is 355. The zero-order valence-corrected chi connectivity index (χ0v) is 13.0. The van der Waals surface area contributed by atoms with Gasteiger partial charge in [0.25, 0.3) is 0 Å². The van der Waals surface area contributed by atoms with Crippen molar-refractivity contribution in [2.45, 2.75) is 39.2 Å². The molecule has 0 spiro atoms. The van der Waals surface area contributed by atoms with Crippen molar-refractivity contribution >= 4 is 12.1 Å². The lowest BCUT2D eigenvalue weighted by Crippen LogP contribution is -2.48. The number of amides is 1. The minimum atomic E-state index is -0.696. The van der Waals surface area contributed by atoms with Crippen molar-refractivity contribution in [3.8, 4) is 0 Å². The fourth-order valence-corrected chi connectivity index (χ4v) is 2.26. The van der Waals surface area contributed by atoms with Crippen LogP contribution in [0.1, 0.15) is 33.6 Å². The second kappa shape index (κ2) is 6.43. The van der Waals surface area contributed by atoms with Crippen LogP contribution in [0.4, 0.5) is 4.79 Å². The van der Waals surface area contributed by atoms with Crippen LogP contribution >= 0.6 is 0 Å². The van der Waals surface area contributed by atoms with E-state index in [4.69, 9.17) is 14.2 Å². The van der Waals surface area contributed by atoms with Gasteiger partial charge >= 0.3 is 12.1 Å². The molecule has 0 unspecified atom stereocenters. The molecule has 0 aromatic rings. The molecule has 1 saturated heterocycles. The maximum Gasteiger partial charge on any atom is 0.410 e. The molecule has 1 heterocycles. The van der Waals surface area contributed by atoms with Crippen LogP contribution in [0.5, 0.6) is 0 Å². The molecule has 1 amide bonds. The largest absolute Gasteiger partial charge is 0.469 e. The summed E-state index contributed by atoms with van der Waals surface area (Å²) in [6, 6.07) is 0. The molecule has 1 aliphatic rings. The van der Waals surface area contributed by atoms with Gasteiger partial charge in [0.15, 0.2) is 0 Å². The van der Waals surface area contributed by atoms with Crippen molar-refractivity contribution in [2.75, 3.05) is 33.9 Å². The summed E-state index contributed by atoms with van der Waals surface area (Å²) in [6.07, 6.45) is 0.659. The number of rotatable bonds is 3. The van der Waals surface area contributed by atoms with Crippen molar-refractivity contribution in [3.05, 3.63) is 0 Å². The molecule has 6 nitrogen and oxygen atoms in total. The first-order valence-corrected chi connectivity index (χ1v) is 6.80. The van der Waals surface area contributed by atoms with E-state index in [1.165, 1.54) is 12.0 Å². The lowest BCUT2D eigenvalue weighted by atomic mass is 9.80. The van der Waals surface area contributed by atoms with Crippen molar-refractivity contribution < 1.29 is 23.8 Å². The van der Waals surface area contributed by atoms with Gasteiger partial charge in [-0.1, -0.05) is 0 Å². The normalized spacial score (nSPS) is 18.2. The van der Waals surface area contributed by atoms with Gasteiger partial charge in [0, 0.05) is 26.8 Å². The zero-order valence-electron chi connectivity index (χ0n) is 13.0. The van der Waals surface area contributed by atoms with Crippen molar-refractivity contribution in [1.29, 1.82) is 0 Å². The number of ether oxygens (including phenoxy) is 3. The zero-order chi connectivity index (χ0) is 15.4. The lowest BCUT2D eigenvalue weighted by Gasteiger charge is -2.37. The summed E-state index contributed by atoms with van der Waals surface area (Å²) in [5, 5.41) is 0. The first-order valence-electron chi connectivity index (χ1n) is 6.80. The van der Waals surface area contributed by atoms with Gasteiger partial charge in [0.2, 0.25) is 0 Å². The van der Waals surface area contributed by atoms with Crippen molar-refractivity contribution in [1.82, 2.24) is 4.90 Å². The van der Waals surface area contributed by atoms with E-state index in [2.05, 4.69) is 0 Å². The molecule has 1 fully saturated rings. The Hall–Kier alpha value is -1.30. The molecule has 0 aliphatic carbocycles. The van der Waals surface area contributed by atoms with E-state index in [9.17, 15) is 9.59 Å². The van der Waals surface area contributed by atoms with Gasteiger partial charge in [-0.2, -0.15) is 0 Å². The SMILES string of the molecule is COC(=O)C1(CN(C)C(=O)OC(C)(C)C)CCOCC1. The average molecular weight is 287 g/mol. The average Bonchev–Trinajstić information content (AvgIpc) is 2.36. The summed E-state index contributed by atoms with van der Waals surface area (Å²) in [5.41, 5.74) is -1.25. The van der Waals surface area contributed by atoms with Crippen LogP contribution in [0.15, 0.2) is 0 Å². The third-order valence-corrected chi connectivity index (χ3v) is 3.31. The highest BCUT2D eigenvalue weighted by Crippen LogP contribution is 2.33. The molecule has 0 N–H and O–H groups in total. The number of methoxy groups -OCH3 is 1. The molecular weight excluding hydrogens is 262 g/mol. The Labute approximate surface area is 120 Å². The standard InChI is InChI=1S/C14H25NO5/c1-13(2,3)20-12(17)15(4)10-14(11(16)18-5)6-8-19-9-7-14/h6-10H2,1-5H3. The fourth-order valence-electron chi connectivity index (χ4n) is 2.26. The Balaban J connectivity index is 2.74. The summed E-state index contributed by atoms with van der Waals surface area (Å²) in [4.78, 5) is 25.5. The maximum atomic E-state index is 12.1. The Kier molecular flexibility index (Phi) is 5.39. The van der Waals surface area contributed by atoms with E-state index in [0.717, 1.165) is 0 Å². The molecule has 0 saturated carbocycles. The number of carbonyl (C=O) groups is 2. The number of hydrogen-bond donors (Lipinski definition) is 0. The molecule has 20 heavy (non-hydrogen) atoms. The van der Waals surface area contributed by atoms with E-state index in [-0.39, 0.29) is 12.5 Å². The summed E-state index contributed by atoms with van der Waals surface area (Å²) >= 11 is 0. The maximum absolute atomic E-state index is 12.1. The highest BCUT2D eigenvalue weighted by molar-refractivity contribution is 5.78. The van der Waals surface area contributed by atoms with Crippen LogP contribution in [0.3, 0.4) is 0 Å². The molecule has 0 radical (unpaired) electrons. The predicted molar refractivity (Wildman–Crippen MR) is 73.4 cm³/mol. The first-order chi connectivity index (χ1) is 9.20. The summed E-state index contributed by atoms with van der Waals surface area (Å²) in [5.74, 6) is -0.295. The fraction of sp³-hybridized carbons (Fsp3) is 0.857. The van der Waals surface area contributed by atoms with Gasteiger partial charge < -0.3 is 19.1 Å². The second-order valence-corrected chi connectivity index (χ2v) is 6.22. The summed E-state index contributed by atoms with van der Waals surface area (Å²) < 4.78 is 15.5. The molecular formula is C14H25NO5. The van der Waals surface area contributed by atoms with Crippen LogP contribution < -0.4 is 0 Å². The highest BCUT2D eigenvalue weighted by atomic mass is 16.6. The van der Waals surface area contributed by atoms with E-state index in [0.29, 0.717) is 26.1 Å². The van der Waals surface area contributed by atoms with Gasteiger partial charge in [-0.3, -0.25) is 4.79 Å². The molecule has 1 aliphatic heterocycles. The third-order valence-electron chi connectivity index (χ3n) is 3.31. The van der Waals surface area contributed by atoms with Gasteiger partial charge in [-0.25, -0.2) is 4.79 Å². The van der Waals surface area contributed by atoms with Crippen molar-refractivity contribution in [3.63, 3.8) is 0 Å². The number of carbonyl (C=O) groups excluding carboxylic acids is 2. The van der Waals surface area contributed by atoms with Crippen LogP contribution in [0.2, 0.25) is 0 Å². The van der Waals surface area contributed by atoms with E-state index in [1.807, 2.05) is 20.8 Å². The van der Waals surface area contributed by atoms with E-state index >= 15 is 0 Å². The Morgan fingerprint density at radius 3 is 2.25 bits per heavy atom. The highest BCUT2D eigenvalue weighted by Gasteiger charge is 2.43. The minimum absolute atomic E-state index is 0.276. The molecule has 116 valence electrons. The van der Waals surface area contributed by atoms with Crippen LogP contribution in [-0.4, -0.2) is 56.5 Å². The van der Waals surface area contributed by atoms with Crippen molar-refractivity contribution in [2.24, 2.45) is 5.41 Å². The molecule has 0 aromatic heterocycles. The Morgan fingerprint density at radius 2 is 1.80 bits per heavy atom. The summed E-state index contributed by atoms with van der Waals surface area (Å²) in [7, 11) is 3.00. The van der Waals surface area contributed by atoms with Gasteiger partial charge in [0.1, 0.15) is 5.60 Å². The molecule has 0 bridgehead atoms. The Morgan fingerprint density at radius 1 is 1.25 bits per heavy atom. The van der Waals surface area contributed by atoms with Crippen LogP contribution in [-0.2, 0) is 19.0 Å². The van der Waals surface area contributed by atoms with Crippen LogP contribution in [0, 0.1) is 5.41 Å². The van der Waals surface area contributed by atoms with Gasteiger partial charge in [-0.15, -0.1) is 0 Å².